The molecular formula is C33H42N4O5. The van der Waals surface area contributed by atoms with Gasteiger partial charge < -0.3 is 29.0 Å². The van der Waals surface area contributed by atoms with Gasteiger partial charge in [0.25, 0.3) is 5.91 Å². The van der Waals surface area contributed by atoms with Gasteiger partial charge in [0.05, 0.1) is 38.7 Å². The molecule has 4 heterocycles. The summed E-state index contributed by atoms with van der Waals surface area (Å²) in [5.41, 5.74) is 2.77. The van der Waals surface area contributed by atoms with Crippen molar-refractivity contribution >= 4 is 22.7 Å². The molecule has 0 radical (unpaired) electrons. The minimum Gasteiger partial charge on any atom is -0.490 e. The Kier molecular flexibility index (Phi) is 8.14. The van der Waals surface area contributed by atoms with Crippen molar-refractivity contribution in [2.24, 2.45) is 0 Å². The zero-order valence-corrected chi connectivity index (χ0v) is 25.0. The number of morpholine rings is 1. The number of carbonyl (C=O) groups is 2. The van der Waals surface area contributed by atoms with E-state index < -0.39 is 5.54 Å². The molecule has 0 aliphatic carbocycles. The van der Waals surface area contributed by atoms with Crippen LogP contribution in [0.3, 0.4) is 0 Å². The lowest BCUT2D eigenvalue weighted by atomic mass is 9.76. The lowest BCUT2D eigenvalue weighted by molar-refractivity contribution is -0.166. The van der Waals surface area contributed by atoms with Crippen LogP contribution in [0.1, 0.15) is 56.4 Å². The number of H-pyrrole nitrogens is 1. The lowest BCUT2D eigenvalue weighted by Crippen LogP contribution is -2.67. The van der Waals surface area contributed by atoms with Crippen LogP contribution in [0.5, 0.6) is 11.5 Å². The zero-order valence-electron chi connectivity index (χ0n) is 25.0. The van der Waals surface area contributed by atoms with Gasteiger partial charge in [-0.15, -0.1) is 0 Å². The van der Waals surface area contributed by atoms with E-state index in [-0.39, 0.29) is 24.3 Å². The predicted molar refractivity (Wildman–Crippen MR) is 161 cm³/mol. The zero-order chi connectivity index (χ0) is 29.3. The SMILES string of the molecule is CCCOc1ccc(C2CN3C(=O)CN(CCCN4CCOCC4)C(=O)[C@]3(C)c3[nH]c4ccccc4c32)cc1OCC. The normalized spacial score (nSPS) is 22.8. The summed E-state index contributed by atoms with van der Waals surface area (Å²) in [4.78, 5) is 37.7. The molecule has 6 rings (SSSR count). The Bertz CT molecular complexity index is 1450. The van der Waals surface area contributed by atoms with Gasteiger partial charge in [-0.2, -0.15) is 0 Å². The fourth-order valence-electron chi connectivity index (χ4n) is 6.81. The number of fused-ring (bicyclic) bond motifs is 5. The number of amides is 2. The van der Waals surface area contributed by atoms with E-state index in [1.807, 2.05) is 44.2 Å². The number of hydrogen-bond acceptors (Lipinski definition) is 6. The molecule has 0 saturated carbocycles. The Morgan fingerprint density at radius 3 is 2.62 bits per heavy atom. The quantitative estimate of drug-likeness (QED) is 0.392. The van der Waals surface area contributed by atoms with E-state index in [4.69, 9.17) is 14.2 Å². The van der Waals surface area contributed by atoms with Crippen molar-refractivity contribution in [3.8, 4) is 11.5 Å². The third-order valence-electron chi connectivity index (χ3n) is 8.96. The number of aromatic nitrogens is 1. The summed E-state index contributed by atoms with van der Waals surface area (Å²) in [7, 11) is 0. The second kappa shape index (κ2) is 12.0. The molecule has 3 aliphatic rings. The van der Waals surface area contributed by atoms with E-state index in [2.05, 4.69) is 28.9 Å². The highest BCUT2D eigenvalue weighted by molar-refractivity contribution is 6.01. The number of piperazine rings is 1. The highest BCUT2D eigenvalue weighted by Gasteiger charge is 2.56. The molecule has 0 spiro atoms. The van der Waals surface area contributed by atoms with Crippen LogP contribution in [-0.4, -0.2) is 97.2 Å². The molecule has 1 N–H and O–H groups in total. The average molecular weight is 575 g/mol. The van der Waals surface area contributed by atoms with Crippen LogP contribution in [0.25, 0.3) is 10.9 Å². The second-order valence-electron chi connectivity index (χ2n) is 11.6. The van der Waals surface area contributed by atoms with Gasteiger partial charge in [0.1, 0.15) is 0 Å². The van der Waals surface area contributed by atoms with Crippen molar-refractivity contribution in [1.29, 1.82) is 0 Å². The van der Waals surface area contributed by atoms with Crippen LogP contribution in [-0.2, 0) is 19.9 Å². The van der Waals surface area contributed by atoms with Gasteiger partial charge in [-0.25, -0.2) is 0 Å². The first kappa shape index (κ1) is 28.6. The third kappa shape index (κ3) is 5.02. The van der Waals surface area contributed by atoms with Crippen LogP contribution in [0.15, 0.2) is 42.5 Å². The number of aromatic amines is 1. The van der Waals surface area contributed by atoms with Crippen LogP contribution in [0, 0.1) is 0 Å². The number of benzene rings is 2. The molecule has 42 heavy (non-hydrogen) atoms. The van der Waals surface area contributed by atoms with Crippen molar-refractivity contribution in [2.45, 2.75) is 45.1 Å². The van der Waals surface area contributed by atoms with Gasteiger partial charge in [-0.1, -0.05) is 31.2 Å². The minimum absolute atomic E-state index is 0.0198. The molecular weight excluding hydrogens is 532 g/mol. The van der Waals surface area contributed by atoms with E-state index in [0.717, 1.165) is 79.2 Å². The summed E-state index contributed by atoms with van der Waals surface area (Å²) in [5.74, 6) is 1.25. The molecule has 2 fully saturated rings. The number of carbonyl (C=O) groups excluding carboxylic acids is 2. The number of hydrogen-bond donors (Lipinski definition) is 1. The van der Waals surface area contributed by atoms with Crippen molar-refractivity contribution in [1.82, 2.24) is 19.7 Å². The molecule has 9 heteroatoms. The van der Waals surface area contributed by atoms with E-state index in [0.29, 0.717) is 32.1 Å². The average Bonchev–Trinajstić information content (AvgIpc) is 3.41. The van der Waals surface area contributed by atoms with Gasteiger partial charge >= 0.3 is 0 Å². The fraction of sp³-hybridized carbons (Fsp3) is 0.515. The Morgan fingerprint density at radius 1 is 1.02 bits per heavy atom. The number of rotatable bonds is 10. The monoisotopic (exact) mass is 574 g/mol. The summed E-state index contributed by atoms with van der Waals surface area (Å²) in [6.07, 6.45) is 1.73. The lowest BCUT2D eigenvalue weighted by Gasteiger charge is -2.51. The predicted octanol–water partition coefficient (Wildman–Crippen LogP) is 4.11. The smallest absolute Gasteiger partial charge is 0.254 e. The molecule has 0 bridgehead atoms. The van der Waals surface area contributed by atoms with Crippen LogP contribution in [0.2, 0.25) is 0 Å². The molecule has 9 nitrogen and oxygen atoms in total. The molecule has 224 valence electrons. The van der Waals surface area contributed by atoms with E-state index in [1.54, 1.807) is 9.80 Å². The number of nitrogens with zero attached hydrogens (tertiary/aromatic N) is 3. The van der Waals surface area contributed by atoms with Crippen LogP contribution < -0.4 is 9.47 Å². The van der Waals surface area contributed by atoms with E-state index in [9.17, 15) is 9.59 Å². The molecule has 1 aromatic heterocycles. The number of para-hydroxylation sites is 1. The maximum Gasteiger partial charge on any atom is 0.254 e. The van der Waals surface area contributed by atoms with Gasteiger partial charge in [0, 0.05) is 49.5 Å². The number of ether oxygens (including phenoxy) is 3. The summed E-state index contributed by atoms with van der Waals surface area (Å²) >= 11 is 0. The van der Waals surface area contributed by atoms with Crippen molar-refractivity contribution in [3.63, 3.8) is 0 Å². The Morgan fingerprint density at radius 2 is 1.83 bits per heavy atom. The molecule has 3 aromatic rings. The fourth-order valence-corrected chi connectivity index (χ4v) is 6.81. The first-order valence-electron chi connectivity index (χ1n) is 15.4. The topological polar surface area (TPSA) is 87.3 Å². The van der Waals surface area contributed by atoms with Crippen molar-refractivity contribution < 1.29 is 23.8 Å². The first-order valence-corrected chi connectivity index (χ1v) is 15.4. The second-order valence-corrected chi connectivity index (χ2v) is 11.6. The van der Waals surface area contributed by atoms with E-state index >= 15 is 0 Å². The minimum atomic E-state index is -1.11. The highest BCUT2D eigenvalue weighted by Crippen LogP contribution is 2.49. The summed E-state index contributed by atoms with van der Waals surface area (Å²) in [6, 6.07) is 14.3. The molecule has 2 atom stereocenters. The van der Waals surface area contributed by atoms with Crippen molar-refractivity contribution in [3.05, 3.63) is 59.3 Å². The summed E-state index contributed by atoms with van der Waals surface area (Å²) in [5, 5.41) is 1.08. The molecule has 3 aliphatic heterocycles. The Hall–Kier alpha value is -3.56. The molecule has 2 saturated heterocycles. The van der Waals surface area contributed by atoms with Gasteiger partial charge in [-0.3, -0.25) is 14.5 Å². The molecule has 2 amide bonds. The molecule has 2 aromatic carbocycles. The van der Waals surface area contributed by atoms with Gasteiger partial charge in [0.15, 0.2) is 17.0 Å². The van der Waals surface area contributed by atoms with Gasteiger partial charge in [-0.05, 0) is 56.0 Å². The Balaban J connectivity index is 1.36. The maximum atomic E-state index is 14.3. The largest absolute Gasteiger partial charge is 0.490 e. The summed E-state index contributed by atoms with van der Waals surface area (Å²) < 4.78 is 17.4. The first-order chi connectivity index (χ1) is 20.5. The van der Waals surface area contributed by atoms with Crippen molar-refractivity contribution in [2.75, 3.05) is 65.7 Å². The third-order valence-corrected chi connectivity index (χ3v) is 8.96. The van der Waals surface area contributed by atoms with E-state index in [1.165, 1.54) is 0 Å². The number of nitrogens with one attached hydrogen (secondary N) is 1. The molecule has 1 unspecified atom stereocenters. The van der Waals surface area contributed by atoms with Crippen LogP contribution in [0.4, 0.5) is 0 Å². The summed E-state index contributed by atoms with van der Waals surface area (Å²) in [6.45, 7) is 12.4. The highest BCUT2D eigenvalue weighted by atomic mass is 16.5. The standard InChI is InChI=1S/C33H42N4O5/c1-4-17-42-27-12-11-23(20-28(27)41-5-2)25-21-37-29(38)22-36(14-8-13-35-15-18-40-19-16-35)32(39)33(37,3)31-30(25)24-9-6-7-10-26(24)34-31/h6-7,9-12,20,25,34H,4-5,8,13-19,21-22H2,1-3H3/t25?,33-/m0/s1. The Labute approximate surface area is 247 Å². The van der Waals surface area contributed by atoms with Gasteiger partial charge in [0.2, 0.25) is 5.91 Å². The maximum absolute atomic E-state index is 14.3. The van der Waals surface area contributed by atoms with Crippen LogP contribution >= 0.6 is 0 Å².